The van der Waals surface area contributed by atoms with Crippen LogP contribution in [0.25, 0.3) is 0 Å². The summed E-state index contributed by atoms with van der Waals surface area (Å²) in [6.07, 6.45) is 9.14. The van der Waals surface area contributed by atoms with Gasteiger partial charge in [0.25, 0.3) is 0 Å². The monoisotopic (exact) mass is 396 g/mol. The Bertz CT molecular complexity index is 851. The molecule has 4 nitrogen and oxygen atoms in total. The average Bonchev–Trinajstić information content (AvgIpc) is 3.01. The average molecular weight is 397 g/mol. The van der Waals surface area contributed by atoms with E-state index in [-0.39, 0.29) is 18.6 Å². The van der Waals surface area contributed by atoms with Crippen LogP contribution >= 0.6 is 0 Å². The van der Waals surface area contributed by atoms with E-state index >= 15 is 0 Å². The van der Waals surface area contributed by atoms with Gasteiger partial charge in [0.1, 0.15) is 0 Å². The zero-order valence-electron chi connectivity index (χ0n) is 18.0. The van der Waals surface area contributed by atoms with Gasteiger partial charge < -0.3 is 9.47 Å². The lowest BCUT2D eigenvalue weighted by atomic mass is 9.62. The summed E-state index contributed by atoms with van der Waals surface area (Å²) < 4.78 is 10.7. The minimum absolute atomic E-state index is 0.242. The van der Waals surface area contributed by atoms with Crippen molar-refractivity contribution in [1.82, 2.24) is 0 Å². The van der Waals surface area contributed by atoms with E-state index < -0.39 is 17.4 Å². The second-order valence-corrected chi connectivity index (χ2v) is 9.21. The smallest absolute Gasteiger partial charge is 0.324 e. The predicted molar refractivity (Wildman–Crippen MR) is 112 cm³/mol. The third kappa shape index (κ3) is 3.12. The number of carbonyl (C=O) groups excluding carboxylic acids is 2. The molecule has 0 aromatic rings. The highest BCUT2D eigenvalue weighted by molar-refractivity contribution is 6.01. The number of rotatable bonds is 4. The van der Waals surface area contributed by atoms with Crippen LogP contribution in [0.5, 0.6) is 0 Å². The number of fused-ring (bicyclic) bond motifs is 3. The largest absolute Gasteiger partial charge is 0.465 e. The van der Waals surface area contributed by atoms with Gasteiger partial charge in [-0.25, -0.2) is 0 Å². The van der Waals surface area contributed by atoms with E-state index in [9.17, 15) is 9.59 Å². The molecule has 1 fully saturated rings. The van der Waals surface area contributed by atoms with Gasteiger partial charge in [-0.2, -0.15) is 0 Å². The Morgan fingerprint density at radius 3 is 2.34 bits per heavy atom. The summed E-state index contributed by atoms with van der Waals surface area (Å²) >= 11 is 0. The molecule has 0 spiro atoms. The van der Waals surface area contributed by atoms with Gasteiger partial charge in [-0.05, 0) is 86.5 Å². The molecule has 0 saturated heterocycles. The molecule has 1 saturated carbocycles. The maximum absolute atomic E-state index is 12.9. The molecule has 0 amide bonds. The highest BCUT2D eigenvalue weighted by Crippen LogP contribution is 2.58. The van der Waals surface area contributed by atoms with Crippen LogP contribution in [0, 0.1) is 10.8 Å². The zero-order chi connectivity index (χ0) is 20.8. The molecule has 0 N–H and O–H groups in total. The molecule has 4 rings (SSSR count). The minimum atomic E-state index is -1.25. The molecule has 1 unspecified atom stereocenters. The fourth-order valence-corrected chi connectivity index (χ4v) is 5.92. The summed E-state index contributed by atoms with van der Waals surface area (Å²) in [7, 11) is 0. The lowest BCUT2D eigenvalue weighted by molar-refractivity contribution is -0.172. The molecule has 29 heavy (non-hydrogen) atoms. The molecule has 1 atom stereocenters. The van der Waals surface area contributed by atoms with Crippen LogP contribution in [0.4, 0.5) is 0 Å². The molecule has 4 aliphatic carbocycles. The summed E-state index contributed by atoms with van der Waals surface area (Å²) in [5, 5.41) is 0. The van der Waals surface area contributed by atoms with Gasteiger partial charge in [-0.1, -0.05) is 30.7 Å². The Balaban J connectivity index is 1.80. The van der Waals surface area contributed by atoms with E-state index in [0.29, 0.717) is 12.8 Å². The summed E-state index contributed by atoms with van der Waals surface area (Å²) in [5.74, 6) is -0.895. The van der Waals surface area contributed by atoms with Gasteiger partial charge in [0.2, 0.25) is 0 Å². The van der Waals surface area contributed by atoms with Crippen molar-refractivity contribution in [2.75, 3.05) is 13.2 Å². The summed E-state index contributed by atoms with van der Waals surface area (Å²) in [6.45, 7) is 10.7. The first-order valence-corrected chi connectivity index (χ1v) is 11.0. The molecule has 4 heteroatoms. The van der Waals surface area contributed by atoms with Crippen molar-refractivity contribution in [3.8, 4) is 0 Å². The summed E-state index contributed by atoms with van der Waals surface area (Å²) in [6, 6.07) is 0. The summed E-state index contributed by atoms with van der Waals surface area (Å²) in [4.78, 5) is 25.9. The molecule has 0 aromatic carbocycles. The second-order valence-electron chi connectivity index (χ2n) is 9.21. The van der Waals surface area contributed by atoms with Crippen molar-refractivity contribution in [3.63, 3.8) is 0 Å². The van der Waals surface area contributed by atoms with E-state index in [4.69, 9.17) is 9.47 Å². The number of carbonyl (C=O) groups is 2. The van der Waals surface area contributed by atoms with Crippen molar-refractivity contribution in [2.45, 2.75) is 72.1 Å². The number of hydrogen-bond donors (Lipinski definition) is 0. The Morgan fingerprint density at radius 1 is 1.00 bits per heavy atom. The molecular weight excluding hydrogens is 364 g/mol. The van der Waals surface area contributed by atoms with Crippen LogP contribution in [-0.4, -0.2) is 25.2 Å². The highest BCUT2D eigenvalue weighted by Gasteiger charge is 2.52. The van der Waals surface area contributed by atoms with E-state index in [1.807, 2.05) is 0 Å². The van der Waals surface area contributed by atoms with Gasteiger partial charge >= 0.3 is 11.9 Å². The fraction of sp³-hybridized carbons (Fsp3) is 0.600. The van der Waals surface area contributed by atoms with E-state index in [2.05, 4.69) is 19.6 Å². The number of allylic oxidation sites excluding steroid dienone is 7. The molecule has 0 heterocycles. The zero-order valence-corrected chi connectivity index (χ0v) is 18.0. The molecule has 0 bridgehead atoms. The third-order valence-corrected chi connectivity index (χ3v) is 7.35. The third-order valence-electron chi connectivity index (χ3n) is 7.35. The first kappa shape index (κ1) is 20.2. The highest BCUT2D eigenvalue weighted by atomic mass is 16.6. The van der Waals surface area contributed by atoms with Crippen molar-refractivity contribution in [3.05, 3.63) is 46.1 Å². The second kappa shape index (κ2) is 7.30. The lowest BCUT2D eigenvalue weighted by Gasteiger charge is -2.42. The topological polar surface area (TPSA) is 52.6 Å². The SMILES string of the molecule is C=C1CC2=C3CCC4=CCC(C(=O)OCC)(C(=O)OCC)CC4=C3CCC2(C)C1. The van der Waals surface area contributed by atoms with Crippen LogP contribution in [0.3, 0.4) is 0 Å². The van der Waals surface area contributed by atoms with Crippen molar-refractivity contribution >= 4 is 11.9 Å². The van der Waals surface area contributed by atoms with Crippen LogP contribution in [0.15, 0.2) is 46.1 Å². The van der Waals surface area contributed by atoms with Gasteiger partial charge in [0, 0.05) is 6.42 Å². The first-order valence-electron chi connectivity index (χ1n) is 11.0. The predicted octanol–water partition coefficient (Wildman–Crippen LogP) is 5.36. The molecule has 0 radical (unpaired) electrons. The van der Waals surface area contributed by atoms with E-state index in [0.717, 1.165) is 38.5 Å². The van der Waals surface area contributed by atoms with Gasteiger partial charge in [0.05, 0.1) is 13.2 Å². The lowest BCUT2D eigenvalue weighted by Crippen LogP contribution is -2.44. The molecular formula is C25H32O4. The first-order chi connectivity index (χ1) is 13.8. The Kier molecular flexibility index (Phi) is 5.08. The standard InChI is InChI=1S/C25H32O4/c1-5-28-22(26)25(23(27)29-6-2)12-9-17-7-8-19-18(20(17)15-25)10-11-24(4)14-16(3)13-21(19)24/h9H,3,5-8,10-15H2,1-2,4H3. The number of ether oxygens (including phenoxy) is 2. The normalized spacial score (nSPS) is 27.7. The Morgan fingerprint density at radius 2 is 1.69 bits per heavy atom. The molecule has 0 aromatic heterocycles. The molecule has 0 aliphatic heterocycles. The fourth-order valence-electron chi connectivity index (χ4n) is 5.92. The quantitative estimate of drug-likeness (QED) is 0.365. The maximum Gasteiger partial charge on any atom is 0.324 e. The van der Waals surface area contributed by atoms with Crippen molar-refractivity contribution in [1.29, 1.82) is 0 Å². The summed E-state index contributed by atoms with van der Waals surface area (Å²) in [5.41, 5.74) is 7.25. The van der Waals surface area contributed by atoms with Crippen LogP contribution in [-0.2, 0) is 19.1 Å². The van der Waals surface area contributed by atoms with Crippen LogP contribution < -0.4 is 0 Å². The maximum atomic E-state index is 12.9. The van der Waals surface area contributed by atoms with Gasteiger partial charge in [-0.15, -0.1) is 0 Å². The minimum Gasteiger partial charge on any atom is -0.465 e. The van der Waals surface area contributed by atoms with Crippen molar-refractivity contribution < 1.29 is 19.1 Å². The van der Waals surface area contributed by atoms with E-state index in [1.54, 1.807) is 19.4 Å². The number of esters is 2. The van der Waals surface area contributed by atoms with Crippen molar-refractivity contribution in [2.24, 2.45) is 10.8 Å². The Hall–Kier alpha value is -2.10. The van der Waals surface area contributed by atoms with Crippen LogP contribution in [0.2, 0.25) is 0 Å². The molecule has 156 valence electrons. The number of hydrogen-bond acceptors (Lipinski definition) is 4. The van der Waals surface area contributed by atoms with Gasteiger partial charge in [0.15, 0.2) is 5.41 Å². The van der Waals surface area contributed by atoms with E-state index in [1.165, 1.54) is 27.9 Å². The Labute approximate surface area is 173 Å². The van der Waals surface area contributed by atoms with Gasteiger partial charge in [-0.3, -0.25) is 9.59 Å². The molecule has 4 aliphatic rings. The van der Waals surface area contributed by atoms with Crippen LogP contribution in [0.1, 0.15) is 72.1 Å².